The Labute approximate surface area is 117 Å². The summed E-state index contributed by atoms with van der Waals surface area (Å²) in [5.41, 5.74) is 0.961. The first-order chi connectivity index (χ1) is 8.79. The van der Waals surface area contributed by atoms with E-state index in [0.717, 1.165) is 55.9 Å². The second-order valence-corrected chi connectivity index (χ2v) is 5.87. The number of alkyl halides is 1. The summed E-state index contributed by atoms with van der Waals surface area (Å²) in [6.45, 7) is 1.80. The lowest BCUT2D eigenvalue weighted by molar-refractivity contribution is -0.130. The molecule has 1 amide bonds. The molecule has 0 saturated carbocycles. The fourth-order valence-electron chi connectivity index (χ4n) is 2.22. The minimum absolute atomic E-state index is 0.327. The van der Waals surface area contributed by atoms with Crippen molar-refractivity contribution in [2.75, 3.05) is 13.1 Å². The fourth-order valence-corrected chi connectivity index (χ4v) is 3.29. The summed E-state index contributed by atoms with van der Waals surface area (Å²) in [6, 6.07) is 0. The van der Waals surface area contributed by atoms with Crippen molar-refractivity contribution in [2.45, 2.75) is 44.4 Å². The van der Waals surface area contributed by atoms with Crippen molar-refractivity contribution in [3.05, 3.63) is 16.1 Å². The molecule has 1 aromatic heterocycles. The van der Waals surface area contributed by atoms with E-state index in [1.807, 2.05) is 10.3 Å². The van der Waals surface area contributed by atoms with Gasteiger partial charge in [-0.3, -0.25) is 4.79 Å². The Kier molecular flexibility index (Phi) is 5.45. The first-order valence-electron chi connectivity index (χ1n) is 6.56. The van der Waals surface area contributed by atoms with Gasteiger partial charge in [0.05, 0.1) is 16.6 Å². The second kappa shape index (κ2) is 7.10. The van der Waals surface area contributed by atoms with E-state index in [0.29, 0.717) is 11.8 Å². The van der Waals surface area contributed by atoms with E-state index < -0.39 is 0 Å². The van der Waals surface area contributed by atoms with Gasteiger partial charge in [-0.05, 0) is 19.3 Å². The molecule has 1 aromatic rings. The number of rotatable bonds is 5. The highest BCUT2D eigenvalue weighted by Gasteiger charge is 2.15. The molecule has 100 valence electrons. The van der Waals surface area contributed by atoms with Crippen LogP contribution >= 0.6 is 22.9 Å². The lowest BCUT2D eigenvalue weighted by atomic mass is 10.2. The number of amides is 1. The maximum absolute atomic E-state index is 11.8. The first kappa shape index (κ1) is 13.8. The molecule has 18 heavy (non-hydrogen) atoms. The molecule has 2 rings (SSSR count). The largest absolute Gasteiger partial charge is 0.343 e. The van der Waals surface area contributed by atoms with Gasteiger partial charge in [-0.25, -0.2) is 4.98 Å². The van der Waals surface area contributed by atoms with Gasteiger partial charge in [-0.15, -0.1) is 22.9 Å². The Morgan fingerprint density at radius 2 is 2.28 bits per heavy atom. The maximum Gasteiger partial charge on any atom is 0.222 e. The highest BCUT2D eigenvalue weighted by Crippen LogP contribution is 2.15. The van der Waals surface area contributed by atoms with Crippen LogP contribution in [0.2, 0.25) is 0 Å². The van der Waals surface area contributed by atoms with Crippen LogP contribution in [-0.2, 0) is 17.1 Å². The molecular weight excluding hydrogens is 268 g/mol. The normalized spacial score (nSPS) is 16.9. The number of hydrogen-bond acceptors (Lipinski definition) is 3. The monoisotopic (exact) mass is 286 g/mol. The predicted molar refractivity (Wildman–Crippen MR) is 75.0 cm³/mol. The van der Waals surface area contributed by atoms with E-state index in [4.69, 9.17) is 11.6 Å². The van der Waals surface area contributed by atoms with E-state index >= 15 is 0 Å². The molecule has 0 radical (unpaired) electrons. The quantitative estimate of drug-likeness (QED) is 0.779. The number of likely N-dealkylation sites (tertiary alicyclic amines) is 1. The van der Waals surface area contributed by atoms with Crippen LogP contribution < -0.4 is 0 Å². The smallest absolute Gasteiger partial charge is 0.222 e. The fraction of sp³-hybridized carbons (Fsp3) is 0.692. The van der Waals surface area contributed by atoms with Crippen LogP contribution in [0.1, 0.15) is 42.8 Å². The Balaban J connectivity index is 1.75. The van der Waals surface area contributed by atoms with Crippen molar-refractivity contribution in [1.82, 2.24) is 9.88 Å². The molecule has 0 unspecified atom stereocenters. The highest BCUT2D eigenvalue weighted by atomic mass is 35.5. The average molecular weight is 287 g/mol. The summed E-state index contributed by atoms with van der Waals surface area (Å²) in [5, 5.41) is 3.15. The van der Waals surface area contributed by atoms with Crippen molar-refractivity contribution in [3.8, 4) is 0 Å². The van der Waals surface area contributed by atoms with E-state index in [1.54, 1.807) is 11.3 Å². The van der Waals surface area contributed by atoms with Crippen LogP contribution in [0.4, 0.5) is 0 Å². The van der Waals surface area contributed by atoms with Crippen LogP contribution in [0.25, 0.3) is 0 Å². The molecule has 3 nitrogen and oxygen atoms in total. The summed E-state index contributed by atoms with van der Waals surface area (Å²) < 4.78 is 0. The highest BCUT2D eigenvalue weighted by molar-refractivity contribution is 7.09. The van der Waals surface area contributed by atoms with Gasteiger partial charge >= 0.3 is 0 Å². The Bertz CT molecular complexity index is 394. The number of carbonyl (C=O) groups excluding carboxylic acids is 1. The van der Waals surface area contributed by atoms with Crippen LogP contribution in [0, 0.1) is 0 Å². The molecule has 2 heterocycles. The molecule has 0 aliphatic carbocycles. The van der Waals surface area contributed by atoms with E-state index in [9.17, 15) is 4.79 Å². The lowest BCUT2D eigenvalue weighted by Gasteiger charge is -2.19. The van der Waals surface area contributed by atoms with Crippen LogP contribution in [0.3, 0.4) is 0 Å². The van der Waals surface area contributed by atoms with Crippen molar-refractivity contribution < 1.29 is 4.79 Å². The number of halogens is 1. The molecule has 1 saturated heterocycles. The molecule has 5 heteroatoms. The Morgan fingerprint density at radius 3 is 3.06 bits per heavy atom. The number of carbonyl (C=O) groups is 1. The zero-order valence-corrected chi connectivity index (χ0v) is 12.1. The second-order valence-electron chi connectivity index (χ2n) is 4.66. The van der Waals surface area contributed by atoms with Gasteiger partial charge in [-0.2, -0.15) is 0 Å². The summed E-state index contributed by atoms with van der Waals surface area (Å²) >= 11 is 7.39. The number of aryl methyl sites for hydroxylation is 1. The summed E-state index contributed by atoms with van der Waals surface area (Å²) in [4.78, 5) is 18.3. The topological polar surface area (TPSA) is 33.2 Å². The average Bonchev–Trinajstić information content (AvgIpc) is 2.74. The first-order valence-corrected chi connectivity index (χ1v) is 7.98. The summed E-state index contributed by atoms with van der Waals surface area (Å²) in [5.74, 6) is 0.814. The van der Waals surface area contributed by atoms with Crippen molar-refractivity contribution in [2.24, 2.45) is 0 Å². The maximum atomic E-state index is 11.8. The predicted octanol–water partition coefficient (Wildman–Crippen LogP) is 3.22. The van der Waals surface area contributed by atoms with Gasteiger partial charge in [0.2, 0.25) is 5.91 Å². The molecular formula is C13H19ClN2OS. The van der Waals surface area contributed by atoms with Gasteiger partial charge in [0, 0.05) is 31.3 Å². The van der Waals surface area contributed by atoms with Crippen molar-refractivity contribution >= 4 is 28.8 Å². The van der Waals surface area contributed by atoms with Gasteiger partial charge in [0.1, 0.15) is 0 Å². The Morgan fingerprint density at radius 1 is 1.39 bits per heavy atom. The SMILES string of the molecule is O=C1CCCCCN1CCCc1nc(CCl)cs1. The number of aromatic nitrogens is 1. The van der Waals surface area contributed by atoms with Gasteiger partial charge in [0.15, 0.2) is 0 Å². The van der Waals surface area contributed by atoms with Crippen LogP contribution in [-0.4, -0.2) is 28.9 Å². The van der Waals surface area contributed by atoms with Crippen LogP contribution in [0.5, 0.6) is 0 Å². The number of hydrogen-bond donors (Lipinski definition) is 0. The molecule has 0 spiro atoms. The third-order valence-electron chi connectivity index (χ3n) is 3.23. The Hall–Kier alpha value is -0.610. The lowest BCUT2D eigenvalue weighted by Crippen LogP contribution is -2.31. The molecule has 0 atom stereocenters. The van der Waals surface area contributed by atoms with E-state index in [2.05, 4.69) is 4.98 Å². The molecule has 1 fully saturated rings. The van der Waals surface area contributed by atoms with E-state index in [1.165, 1.54) is 6.42 Å². The molecule has 0 bridgehead atoms. The standard InChI is InChI=1S/C13H19ClN2OS/c14-9-11-10-18-12(15-11)5-4-8-16-7-3-1-2-6-13(16)17/h10H,1-9H2. The van der Waals surface area contributed by atoms with Gasteiger partial charge in [-0.1, -0.05) is 6.42 Å². The van der Waals surface area contributed by atoms with Crippen molar-refractivity contribution in [1.29, 1.82) is 0 Å². The summed E-state index contributed by atoms with van der Waals surface area (Å²) in [6.07, 6.45) is 6.08. The third kappa shape index (κ3) is 3.95. The van der Waals surface area contributed by atoms with Crippen LogP contribution in [0.15, 0.2) is 5.38 Å². The zero-order chi connectivity index (χ0) is 12.8. The molecule has 0 N–H and O–H groups in total. The number of thiazole rings is 1. The van der Waals surface area contributed by atoms with E-state index in [-0.39, 0.29) is 0 Å². The summed E-state index contributed by atoms with van der Waals surface area (Å²) in [7, 11) is 0. The minimum Gasteiger partial charge on any atom is -0.343 e. The molecule has 1 aliphatic heterocycles. The zero-order valence-electron chi connectivity index (χ0n) is 10.5. The van der Waals surface area contributed by atoms with Gasteiger partial charge < -0.3 is 4.90 Å². The van der Waals surface area contributed by atoms with Crippen molar-refractivity contribution in [3.63, 3.8) is 0 Å². The molecule has 0 aromatic carbocycles. The third-order valence-corrected chi connectivity index (χ3v) is 4.46. The van der Waals surface area contributed by atoms with Gasteiger partial charge in [0.25, 0.3) is 0 Å². The molecule has 1 aliphatic rings. The minimum atomic E-state index is 0.327. The number of nitrogens with zero attached hydrogens (tertiary/aromatic N) is 2.